The van der Waals surface area contributed by atoms with Crippen molar-refractivity contribution in [2.24, 2.45) is 0 Å². The number of hydrogen-bond acceptors (Lipinski definition) is 4. The van der Waals surface area contributed by atoms with Gasteiger partial charge in [-0.05, 0) is 17.7 Å². The van der Waals surface area contributed by atoms with Crippen LogP contribution < -0.4 is 5.73 Å². The molecule has 2 N–H and O–H groups in total. The summed E-state index contributed by atoms with van der Waals surface area (Å²) < 4.78 is 17.5. The zero-order valence-electron chi connectivity index (χ0n) is 9.07. The van der Waals surface area contributed by atoms with Crippen molar-refractivity contribution >= 4 is 22.3 Å². The van der Waals surface area contributed by atoms with Gasteiger partial charge in [0.1, 0.15) is 16.4 Å². The van der Waals surface area contributed by atoms with Crippen molar-refractivity contribution in [3.05, 3.63) is 41.0 Å². The van der Waals surface area contributed by atoms with Gasteiger partial charge >= 0.3 is 5.97 Å². The van der Waals surface area contributed by atoms with Crippen LogP contribution in [0.4, 0.5) is 9.39 Å². The Morgan fingerprint density at radius 1 is 1.35 bits per heavy atom. The van der Waals surface area contributed by atoms with Crippen molar-refractivity contribution in [3.8, 4) is 11.1 Å². The molecule has 2 rings (SSSR count). The molecular formula is C12H10FNO2S. The van der Waals surface area contributed by atoms with E-state index in [-0.39, 0.29) is 5.82 Å². The molecule has 0 aliphatic rings. The maximum Gasteiger partial charge on any atom is 0.341 e. The molecule has 0 fully saturated rings. The lowest BCUT2D eigenvalue weighted by Gasteiger charge is -2.03. The van der Waals surface area contributed by atoms with Crippen LogP contribution in [-0.2, 0) is 4.74 Å². The first-order valence-corrected chi connectivity index (χ1v) is 5.72. The first-order valence-electron chi connectivity index (χ1n) is 4.84. The Labute approximate surface area is 102 Å². The third-order valence-corrected chi connectivity index (χ3v) is 3.18. The quantitative estimate of drug-likeness (QED) is 0.835. The van der Waals surface area contributed by atoms with Crippen LogP contribution >= 0.6 is 11.3 Å². The molecule has 0 bridgehead atoms. The zero-order chi connectivity index (χ0) is 12.4. The third kappa shape index (κ3) is 2.14. The molecule has 0 saturated heterocycles. The largest absolute Gasteiger partial charge is 0.465 e. The van der Waals surface area contributed by atoms with Crippen molar-refractivity contribution in [2.75, 3.05) is 12.8 Å². The van der Waals surface area contributed by atoms with Gasteiger partial charge in [-0.1, -0.05) is 12.1 Å². The molecule has 2 aromatic rings. The number of thiophene rings is 1. The maximum absolute atomic E-state index is 12.8. The summed E-state index contributed by atoms with van der Waals surface area (Å²) >= 11 is 1.26. The molecule has 3 nitrogen and oxygen atoms in total. The minimum atomic E-state index is -0.483. The van der Waals surface area contributed by atoms with Gasteiger partial charge < -0.3 is 10.5 Å². The van der Waals surface area contributed by atoms with E-state index >= 15 is 0 Å². The highest BCUT2D eigenvalue weighted by molar-refractivity contribution is 7.14. The van der Waals surface area contributed by atoms with E-state index in [9.17, 15) is 9.18 Å². The first kappa shape index (κ1) is 11.6. The van der Waals surface area contributed by atoms with Crippen LogP contribution in [0.1, 0.15) is 10.4 Å². The number of benzene rings is 1. The molecule has 0 atom stereocenters. The van der Waals surface area contributed by atoms with Gasteiger partial charge in [-0.25, -0.2) is 9.18 Å². The van der Waals surface area contributed by atoms with Gasteiger partial charge in [0.05, 0.1) is 7.11 Å². The highest BCUT2D eigenvalue weighted by atomic mass is 32.1. The van der Waals surface area contributed by atoms with Gasteiger partial charge in [-0.15, -0.1) is 11.3 Å². The molecule has 88 valence electrons. The van der Waals surface area contributed by atoms with Crippen LogP contribution in [0.5, 0.6) is 0 Å². The molecule has 1 aromatic carbocycles. The second-order valence-corrected chi connectivity index (χ2v) is 4.30. The molecule has 0 amide bonds. The number of anilines is 1. The van der Waals surface area contributed by atoms with E-state index in [0.29, 0.717) is 16.1 Å². The van der Waals surface area contributed by atoms with Gasteiger partial charge in [0.25, 0.3) is 0 Å². The molecule has 1 heterocycles. The number of carbonyl (C=O) groups excluding carboxylic acids is 1. The predicted octanol–water partition coefficient (Wildman–Crippen LogP) is 2.92. The van der Waals surface area contributed by atoms with Gasteiger partial charge in [0.15, 0.2) is 0 Å². The molecule has 5 heteroatoms. The molecule has 0 radical (unpaired) electrons. The summed E-state index contributed by atoms with van der Waals surface area (Å²) in [4.78, 5) is 11.6. The summed E-state index contributed by atoms with van der Waals surface area (Å²) in [5.41, 5.74) is 7.47. The van der Waals surface area contributed by atoms with Crippen molar-refractivity contribution in [3.63, 3.8) is 0 Å². The second-order valence-electron chi connectivity index (χ2n) is 3.39. The Morgan fingerprint density at radius 2 is 2.00 bits per heavy atom. The summed E-state index contributed by atoms with van der Waals surface area (Å²) in [5.74, 6) is -0.806. The molecule has 0 unspecified atom stereocenters. The van der Waals surface area contributed by atoms with Crippen molar-refractivity contribution < 1.29 is 13.9 Å². The van der Waals surface area contributed by atoms with Gasteiger partial charge in [0.2, 0.25) is 0 Å². The molecular weight excluding hydrogens is 241 g/mol. The second kappa shape index (κ2) is 4.55. The maximum atomic E-state index is 12.8. The standard InChI is InChI=1S/C12H10FNO2S/c1-16-12(15)10-9(6-17-11(10)14)7-2-4-8(13)5-3-7/h2-6H,14H2,1H3. The van der Waals surface area contributed by atoms with Gasteiger partial charge in [0, 0.05) is 10.9 Å². The number of ether oxygens (including phenoxy) is 1. The number of halogens is 1. The number of hydrogen-bond donors (Lipinski definition) is 1. The molecule has 0 aliphatic heterocycles. The van der Waals surface area contributed by atoms with E-state index in [4.69, 9.17) is 5.73 Å². The Balaban J connectivity index is 2.52. The van der Waals surface area contributed by atoms with Crippen molar-refractivity contribution in [1.29, 1.82) is 0 Å². The van der Waals surface area contributed by atoms with Crippen LogP contribution in [0, 0.1) is 5.82 Å². The van der Waals surface area contributed by atoms with Crippen molar-refractivity contribution in [2.45, 2.75) is 0 Å². The minimum absolute atomic E-state index is 0.323. The van der Waals surface area contributed by atoms with E-state index in [2.05, 4.69) is 4.74 Å². The average molecular weight is 251 g/mol. The fourth-order valence-electron chi connectivity index (χ4n) is 1.53. The lowest BCUT2D eigenvalue weighted by Crippen LogP contribution is -2.04. The summed E-state index contributed by atoms with van der Waals surface area (Å²) in [6, 6.07) is 5.88. The van der Waals surface area contributed by atoms with Crippen LogP contribution in [0.2, 0.25) is 0 Å². The van der Waals surface area contributed by atoms with Crippen molar-refractivity contribution in [1.82, 2.24) is 0 Å². The Morgan fingerprint density at radius 3 is 2.59 bits per heavy atom. The van der Waals surface area contributed by atoms with Crippen LogP contribution in [-0.4, -0.2) is 13.1 Å². The Bertz CT molecular complexity index is 548. The van der Waals surface area contributed by atoms with E-state index in [1.165, 1.54) is 30.6 Å². The van der Waals surface area contributed by atoms with E-state index in [1.54, 1.807) is 17.5 Å². The summed E-state index contributed by atoms with van der Waals surface area (Å²) in [6.45, 7) is 0. The van der Waals surface area contributed by atoms with Crippen LogP contribution in [0.3, 0.4) is 0 Å². The molecule has 0 saturated carbocycles. The topological polar surface area (TPSA) is 52.3 Å². The Kier molecular flexibility index (Phi) is 3.10. The van der Waals surface area contributed by atoms with E-state index in [0.717, 1.165) is 5.56 Å². The molecule has 1 aromatic heterocycles. The fourth-order valence-corrected chi connectivity index (χ4v) is 2.34. The predicted molar refractivity (Wildman–Crippen MR) is 65.5 cm³/mol. The number of rotatable bonds is 2. The van der Waals surface area contributed by atoms with E-state index in [1.807, 2.05) is 0 Å². The lowest BCUT2D eigenvalue weighted by atomic mass is 10.0. The lowest BCUT2D eigenvalue weighted by molar-refractivity contribution is 0.0603. The minimum Gasteiger partial charge on any atom is -0.465 e. The number of carbonyl (C=O) groups is 1. The number of nitrogen functional groups attached to an aromatic ring is 1. The van der Waals surface area contributed by atoms with Crippen LogP contribution in [0.15, 0.2) is 29.6 Å². The number of methoxy groups -OCH3 is 1. The Hall–Kier alpha value is -1.88. The van der Waals surface area contributed by atoms with Gasteiger partial charge in [-0.3, -0.25) is 0 Å². The summed E-state index contributed by atoms with van der Waals surface area (Å²) in [5, 5.41) is 2.16. The number of esters is 1. The fraction of sp³-hybridized carbons (Fsp3) is 0.0833. The normalized spacial score (nSPS) is 10.2. The molecule has 17 heavy (non-hydrogen) atoms. The number of nitrogens with two attached hydrogens (primary N) is 1. The zero-order valence-corrected chi connectivity index (χ0v) is 9.88. The van der Waals surface area contributed by atoms with Gasteiger partial charge in [-0.2, -0.15) is 0 Å². The molecule has 0 spiro atoms. The van der Waals surface area contributed by atoms with Crippen LogP contribution in [0.25, 0.3) is 11.1 Å². The summed E-state index contributed by atoms with van der Waals surface area (Å²) in [7, 11) is 1.30. The monoisotopic (exact) mass is 251 g/mol. The average Bonchev–Trinajstić information content (AvgIpc) is 2.71. The SMILES string of the molecule is COC(=O)c1c(-c2ccc(F)cc2)csc1N. The summed E-state index contributed by atoms with van der Waals surface area (Å²) in [6.07, 6.45) is 0. The molecule has 0 aliphatic carbocycles. The van der Waals surface area contributed by atoms with E-state index < -0.39 is 5.97 Å². The highest BCUT2D eigenvalue weighted by Crippen LogP contribution is 2.34. The highest BCUT2D eigenvalue weighted by Gasteiger charge is 2.18. The third-order valence-electron chi connectivity index (χ3n) is 2.36. The smallest absolute Gasteiger partial charge is 0.341 e. The first-order chi connectivity index (χ1) is 8.13.